The van der Waals surface area contributed by atoms with Crippen molar-refractivity contribution in [1.82, 2.24) is 14.8 Å². The standard InChI is InChI=1S/C14H21N3O2/c1-11-3-4-15-10-12(11)13(9-14(18)19)17-7-5-16(2)6-8-17/h3-4,10,13H,5-9H2,1-2H3,(H,18,19). The molecule has 0 spiro atoms. The van der Waals surface area contributed by atoms with Crippen molar-refractivity contribution in [3.8, 4) is 0 Å². The number of aliphatic carboxylic acids is 1. The zero-order valence-electron chi connectivity index (χ0n) is 11.5. The van der Waals surface area contributed by atoms with Gasteiger partial charge in [-0.25, -0.2) is 0 Å². The van der Waals surface area contributed by atoms with E-state index in [1.54, 1.807) is 12.4 Å². The maximum Gasteiger partial charge on any atom is 0.305 e. The van der Waals surface area contributed by atoms with Crippen LogP contribution in [-0.4, -0.2) is 59.1 Å². The molecule has 0 bridgehead atoms. The molecule has 1 N–H and O–H groups in total. The van der Waals surface area contributed by atoms with E-state index < -0.39 is 5.97 Å². The maximum absolute atomic E-state index is 11.1. The van der Waals surface area contributed by atoms with Crippen LogP contribution in [0.1, 0.15) is 23.6 Å². The number of nitrogens with zero attached hydrogens (tertiary/aromatic N) is 3. The van der Waals surface area contributed by atoms with Gasteiger partial charge in [0.15, 0.2) is 0 Å². The second kappa shape index (κ2) is 6.12. The summed E-state index contributed by atoms with van der Waals surface area (Å²) in [6, 6.07) is 1.88. The highest BCUT2D eigenvalue weighted by Crippen LogP contribution is 2.27. The van der Waals surface area contributed by atoms with Crippen LogP contribution in [0.25, 0.3) is 0 Å². The lowest BCUT2D eigenvalue weighted by Gasteiger charge is -2.38. The molecular formula is C14H21N3O2. The number of aromatic nitrogens is 1. The van der Waals surface area contributed by atoms with E-state index in [1.807, 2.05) is 13.0 Å². The molecule has 1 fully saturated rings. The minimum Gasteiger partial charge on any atom is -0.481 e. The molecule has 2 heterocycles. The van der Waals surface area contributed by atoms with Crippen LogP contribution < -0.4 is 0 Å². The Morgan fingerprint density at radius 3 is 2.68 bits per heavy atom. The lowest BCUT2D eigenvalue weighted by atomic mass is 9.99. The minimum absolute atomic E-state index is 0.0695. The van der Waals surface area contributed by atoms with E-state index in [0.29, 0.717) is 0 Å². The predicted octanol–water partition coefficient (Wildman–Crippen LogP) is 1.15. The van der Waals surface area contributed by atoms with Crippen LogP contribution >= 0.6 is 0 Å². The first kappa shape index (κ1) is 14.0. The molecule has 1 aliphatic rings. The smallest absolute Gasteiger partial charge is 0.305 e. The summed E-state index contributed by atoms with van der Waals surface area (Å²) in [5, 5.41) is 9.16. The molecule has 0 amide bonds. The van der Waals surface area contributed by atoms with E-state index in [1.165, 1.54) is 0 Å². The number of rotatable bonds is 4. The second-order valence-electron chi connectivity index (χ2n) is 5.19. The average molecular weight is 263 g/mol. The van der Waals surface area contributed by atoms with E-state index in [0.717, 1.165) is 37.3 Å². The Bertz CT molecular complexity index is 442. The Morgan fingerprint density at radius 2 is 2.11 bits per heavy atom. The third-order valence-corrected chi connectivity index (χ3v) is 3.79. The molecule has 1 aromatic rings. The highest BCUT2D eigenvalue weighted by atomic mass is 16.4. The number of carbonyl (C=O) groups is 1. The van der Waals surface area contributed by atoms with Gasteiger partial charge in [0.05, 0.1) is 6.42 Å². The fourth-order valence-corrected chi connectivity index (χ4v) is 2.56. The van der Waals surface area contributed by atoms with Crippen molar-refractivity contribution in [3.63, 3.8) is 0 Å². The lowest BCUT2D eigenvalue weighted by molar-refractivity contribution is -0.138. The Balaban J connectivity index is 2.21. The van der Waals surface area contributed by atoms with Crippen molar-refractivity contribution in [3.05, 3.63) is 29.6 Å². The summed E-state index contributed by atoms with van der Waals surface area (Å²) in [6.07, 6.45) is 3.69. The summed E-state index contributed by atoms with van der Waals surface area (Å²) in [5.41, 5.74) is 2.15. The van der Waals surface area contributed by atoms with Crippen molar-refractivity contribution in [2.45, 2.75) is 19.4 Å². The predicted molar refractivity (Wildman–Crippen MR) is 73.0 cm³/mol. The largest absolute Gasteiger partial charge is 0.481 e. The van der Waals surface area contributed by atoms with E-state index in [2.05, 4.69) is 21.8 Å². The molecule has 1 saturated heterocycles. The molecule has 5 heteroatoms. The van der Waals surface area contributed by atoms with Gasteiger partial charge in [-0.3, -0.25) is 14.7 Å². The molecule has 0 radical (unpaired) electrons. The first-order chi connectivity index (χ1) is 9.08. The van der Waals surface area contributed by atoms with E-state index in [-0.39, 0.29) is 12.5 Å². The van der Waals surface area contributed by atoms with Gasteiger partial charge in [0.2, 0.25) is 0 Å². The van der Waals surface area contributed by atoms with Crippen LogP contribution in [0.4, 0.5) is 0 Å². The Morgan fingerprint density at radius 1 is 1.42 bits per heavy atom. The summed E-state index contributed by atoms with van der Waals surface area (Å²) in [7, 11) is 2.10. The average Bonchev–Trinajstić information content (AvgIpc) is 2.38. The monoisotopic (exact) mass is 263 g/mol. The second-order valence-corrected chi connectivity index (χ2v) is 5.19. The number of aryl methyl sites for hydroxylation is 1. The number of likely N-dealkylation sites (N-methyl/N-ethyl adjacent to an activating group) is 1. The van der Waals surface area contributed by atoms with Crippen LogP contribution in [0.5, 0.6) is 0 Å². The Labute approximate surface area is 113 Å². The lowest BCUT2D eigenvalue weighted by Crippen LogP contribution is -2.46. The van der Waals surface area contributed by atoms with Crippen LogP contribution in [0.2, 0.25) is 0 Å². The summed E-state index contributed by atoms with van der Waals surface area (Å²) in [5.74, 6) is -0.757. The third-order valence-electron chi connectivity index (χ3n) is 3.79. The first-order valence-corrected chi connectivity index (χ1v) is 6.63. The molecule has 19 heavy (non-hydrogen) atoms. The molecule has 1 aliphatic heterocycles. The van der Waals surface area contributed by atoms with Gasteiger partial charge in [-0.15, -0.1) is 0 Å². The third kappa shape index (κ3) is 3.52. The Kier molecular flexibility index (Phi) is 4.50. The molecule has 1 atom stereocenters. The van der Waals surface area contributed by atoms with Crippen LogP contribution in [0.15, 0.2) is 18.5 Å². The van der Waals surface area contributed by atoms with Gasteiger partial charge in [0.25, 0.3) is 0 Å². The minimum atomic E-state index is -0.757. The van der Waals surface area contributed by atoms with E-state index >= 15 is 0 Å². The van der Waals surface area contributed by atoms with Gasteiger partial charge in [0, 0.05) is 44.6 Å². The SMILES string of the molecule is Cc1ccncc1C(CC(=O)O)N1CCN(C)CC1. The summed E-state index contributed by atoms with van der Waals surface area (Å²) in [6.45, 7) is 5.79. The van der Waals surface area contributed by atoms with Crippen molar-refractivity contribution < 1.29 is 9.90 Å². The van der Waals surface area contributed by atoms with Gasteiger partial charge >= 0.3 is 5.97 Å². The van der Waals surface area contributed by atoms with Gasteiger partial charge in [0.1, 0.15) is 0 Å². The fourth-order valence-electron chi connectivity index (χ4n) is 2.56. The van der Waals surface area contributed by atoms with Crippen molar-refractivity contribution in [1.29, 1.82) is 0 Å². The van der Waals surface area contributed by atoms with Crippen molar-refractivity contribution >= 4 is 5.97 Å². The van der Waals surface area contributed by atoms with Crippen LogP contribution in [-0.2, 0) is 4.79 Å². The van der Waals surface area contributed by atoms with Crippen molar-refractivity contribution in [2.75, 3.05) is 33.2 Å². The van der Waals surface area contributed by atoms with E-state index in [9.17, 15) is 4.79 Å². The first-order valence-electron chi connectivity index (χ1n) is 6.63. The summed E-state index contributed by atoms with van der Waals surface area (Å²) < 4.78 is 0. The number of piperazine rings is 1. The number of hydrogen-bond acceptors (Lipinski definition) is 4. The van der Waals surface area contributed by atoms with Gasteiger partial charge in [-0.1, -0.05) is 0 Å². The molecule has 0 aliphatic carbocycles. The number of carboxylic acid groups (broad SMARTS) is 1. The van der Waals surface area contributed by atoms with Crippen LogP contribution in [0, 0.1) is 6.92 Å². The molecular weight excluding hydrogens is 242 g/mol. The topological polar surface area (TPSA) is 56.7 Å². The van der Waals surface area contributed by atoms with Crippen molar-refractivity contribution in [2.24, 2.45) is 0 Å². The molecule has 104 valence electrons. The molecule has 0 saturated carbocycles. The molecule has 2 rings (SSSR count). The van der Waals surface area contributed by atoms with Gasteiger partial charge in [-0.2, -0.15) is 0 Å². The fraction of sp³-hybridized carbons (Fsp3) is 0.571. The number of carboxylic acids is 1. The molecule has 5 nitrogen and oxygen atoms in total. The van der Waals surface area contributed by atoms with E-state index in [4.69, 9.17) is 5.11 Å². The number of hydrogen-bond donors (Lipinski definition) is 1. The Hall–Kier alpha value is -1.46. The van der Waals surface area contributed by atoms with Gasteiger partial charge < -0.3 is 10.0 Å². The normalized spacial score (nSPS) is 19.3. The molecule has 0 aromatic carbocycles. The number of pyridine rings is 1. The zero-order valence-corrected chi connectivity index (χ0v) is 11.5. The highest BCUT2D eigenvalue weighted by molar-refractivity contribution is 5.68. The van der Waals surface area contributed by atoms with Crippen LogP contribution in [0.3, 0.4) is 0 Å². The summed E-state index contributed by atoms with van der Waals surface area (Å²) in [4.78, 5) is 19.8. The molecule has 1 unspecified atom stereocenters. The summed E-state index contributed by atoms with van der Waals surface area (Å²) >= 11 is 0. The molecule has 1 aromatic heterocycles. The quantitative estimate of drug-likeness (QED) is 0.883. The maximum atomic E-state index is 11.1. The van der Waals surface area contributed by atoms with Gasteiger partial charge in [-0.05, 0) is 31.2 Å². The zero-order chi connectivity index (χ0) is 13.8. The highest BCUT2D eigenvalue weighted by Gasteiger charge is 2.27.